The predicted molar refractivity (Wildman–Crippen MR) is 107 cm³/mol. The van der Waals surface area contributed by atoms with Gasteiger partial charge < -0.3 is 10.1 Å². The van der Waals surface area contributed by atoms with Crippen molar-refractivity contribution in [3.8, 4) is 11.1 Å². The van der Waals surface area contributed by atoms with E-state index in [4.69, 9.17) is 4.74 Å². The number of amides is 1. The fourth-order valence-corrected chi connectivity index (χ4v) is 3.15. The zero-order chi connectivity index (χ0) is 20.6. The van der Waals surface area contributed by atoms with E-state index in [9.17, 15) is 18.4 Å². The van der Waals surface area contributed by atoms with Crippen molar-refractivity contribution in [2.24, 2.45) is 0 Å². The maximum Gasteiger partial charge on any atom is 0.341 e. The minimum atomic E-state index is -2.73. The number of halogens is 2. The molecule has 0 aliphatic carbocycles. The molecule has 0 bridgehead atoms. The zero-order valence-electron chi connectivity index (χ0n) is 15.0. The van der Waals surface area contributed by atoms with E-state index in [1.54, 1.807) is 12.1 Å². The molecule has 0 atom stereocenters. The molecule has 0 spiro atoms. The van der Waals surface area contributed by atoms with E-state index in [-0.39, 0.29) is 22.4 Å². The number of carbonyl (C=O) groups is 2. The molecule has 8 heteroatoms. The van der Waals surface area contributed by atoms with Gasteiger partial charge in [0.1, 0.15) is 5.03 Å². The van der Waals surface area contributed by atoms with Crippen LogP contribution in [0.2, 0.25) is 0 Å². The van der Waals surface area contributed by atoms with Crippen LogP contribution in [-0.2, 0) is 9.53 Å². The van der Waals surface area contributed by atoms with Crippen LogP contribution in [0.4, 0.5) is 14.5 Å². The van der Waals surface area contributed by atoms with Crippen LogP contribution in [0, 0.1) is 0 Å². The molecule has 0 aliphatic rings. The first-order valence-corrected chi connectivity index (χ1v) is 9.44. The monoisotopic (exact) mass is 414 g/mol. The van der Waals surface area contributed by atoms with Crippen molar-refractivity contribution in [3.63, 3.8) is 0 Å². The Morgan fingerprint density at radius 1 is 1.00 bits per heavy atom. The largest absolute Gasteiger partial charge is 0.452 e. The summed E-state index contributed by atoms with van der Waals surface area (Å²) in [5.41, 5.74) is 2.19. The van der Waals surface area contributed by atoms with Gasteiger partial charge >= 0.3 is 5.97 Å². The van der Waals surface area contributed by atoms with Crippen molar-refractivity contribution in [2.45, 2.75) is 10.8 Å². The lowest BCUT2D eigenvalue weighted by molar-refractivity contribution is -0.119. The number of aromatic nitrogens is 1. The molecular formula is C21H16F2N2O3S. The fraction of sp³-hybridized carbons (Fsp3) is 0.0952. The molecule has 148 valence electrons. The fourth-order valence-electron chi connectivity index (χ4n) is 2.58. The molecule has 29 heavy (non-hydrogen) atoms. The number of esters is 1. The van der Waals surface area contributed by atoms with Crippen LogP contribution in [0.15, 0.2) is 78.0 Å². The molecule has 1 N–H and O–H groups in total. The van der Waals surface area contributed by atoms with Gasteiger partial charge in [0.2, 0.25) is 0 Å². The van der Waals surface area contributed by atoms with Gasteiger partial charge in [0.15, 0.2) is 6.61 Å². The van der Waals surface area contributed by atoms with Gasteiger partial charge in [-0.15, -0.1) is 0 Å². The van der Waals surface area contributed by atoms with Crippen LogP contribution in [0.5, 0.6) is 0 Å². The molecule has 1 heterocycles. The van der Waals surface area contributed by atoms with Gasteiger partial charge in [0, 0.05) is 17.4 Å². The van der Waals surface area contributed by atoms with E-state index in [2.05, 4.69) is 10.3 Å². The number of anilines is 1. The summed E-state index contributed by atoms with van der Waals surface area (Å²) in [5, 5.41) is 2.56. The third kappa shape index (κ3) is 5.61. The molecular weight excluding hydrogens is 398 g/mol. The van der Waals surface area contributed by atoms with Crippen LogP contribution in [0.3, 0.4) is 0 Å². The number of thioether (sulfide) groups is 1. The summed E-state index contributed by atoms with van der Waals surface area (Å²) in [5.74, 6) is -4.17. The number of hydrogen-bond acceptors (Lipinski definition) is 5. The second-order valence-corrected chi connectivity index (χ2v) is 6.75. The summed E-state index contributed by atoms with van der Waals surface area (Å²) in [6, 6.07) is 19.5. The Morgan fingerprint density at radius 3 is 2.48 bits per heavy atom. The van der Waals surface area contributed by atoms with Crippen LogP contribution < -0.4 is 5.32 Å². The van der Waals surface area contributed by atoms with Gasteiger partial charge in [-0.2, -0.15) is 8.78 Å². The van der Waals surface area contributed by atoms with Gasteiger partial charge in [0.05, 0.1) is 5.56 Å². The lowest BCUT2D eigenvalue weighted by atomic mass is 10.0. The second-order valence-electron chi connectivity index (χ2n) is 5.77. The molecule has 3 aromatic rings. The van der Waals surface area contributed by atoms with E-state index in [0.717, 1.165) is 11.1 Å². The number of nitrogens with zero attached hydrogens (tertiary/aromatic N) is 1. The number of benzene rings is 2. The predicted octanol–water partition coefficient (Wildman–Crippen LogP) is 4.86. The average Bonchev–Trinajstić information content (AvgIpc) is 2.73. The Balaban J connectivity index is 1.65. The molecule has 3 rings (SSSR count). The van der Waals surface area contributed by atoms with Gasteiger partial charge in [-0.3, -0.25) is 4.79 Å². The number of para-hydroxylation sites is 1. The number of nitrogens with one attached hydrogen (secondary N) is 1. The maximum absolute atomic E-state index is 12.6. The lowest BCUT2D eigenvalue weighted by Gasteiger charge is -2.12. The van der Waals surface area contributed by atoms with E-state index >= 15 is 0 Å². The minimum Gasteiger partial charge on any atom is -0.452 e. The number of carbonyl (C=O) groups excluding carboxylic acids is 2. The smallest absolute Gasteiger partial charge is 0.341 e. The molecule has 0 saturated heterocycles. The Labute approximate surface area is 170 Å². The number of rotatable bonds is 7. The number of alkyl halides is 2. The molecule has 0 saturated carbocycles. The Morgan fingerprint density at radius 2 is 1.72 bits per heavy atom. The standard InChI is InChI=1S/C21H16F2N2O3S/c22-21(23)29-19-16(10-6-12-24-19)20(27)28-13-18(26)25-17-11-5-4-9-15(17)14-7-2-1-3-8-14/h1-12,21H,13H2,(H,25,26). The van der Waals surface area contributed by atoms with Crippen LogP contribution in [-0.4, -0.2) is 29.2 Å². The highest BCUT2D eigenvalue weighted by Crippen LogP contribution is 2.28. The summed E-state index contributed by atoms with van der Waals surface area (Å²) in [7, 11) is 0. The van der Waals surface area contributed by atoms with E-state index in [1.807, 2.05) is 42.5 Å². The van der Waals surface area contributed by atoms with Gasteiger partial charge in [-0.25, -0.2) is 9.78 Å². The number of pyridine rings is 1. The van der Waals surface area contributed by atoms with Crippen molar-refractivity contribution in [1.29, 1.82) is 0 Å². The summed E-state index contributed by atoms with van der Waals surface area (Å²) in [6.07, 6.45) is 1.30. The van der Waals surface area contributed by atoms with Crippen LogP contribution in [0.1, 0.15) is 10.4 Å². The van der Waals surface area contributed by atoms with Crippen LogP contribution in [0.25, 0.3) is 11.1 Å². The number of hydrogen-bond donors (Lipinski definition) is 1. The highest BCUT2D eigenvalue weighted by Gasteiger charge is 2.19. The van der Waals surface area contributed by atoms with Gasteiger partial charge in [-0.1, -0.05) is 48.5 Å². The molecule has 0 unspecified atom stereocenters. The lowest BCUT2D eigenvalue weighted by Crippen LogP contribution is -2.21. The van der Waals surface area contributed by atoms with Crippen molar-refractivity contribution in [1.82, 2.24) is 4.98 Å². The third-order valence-electron chi connectivity index (χ3n) is 3.81. The topological polar surface area (TPSA) is 68.3 Å². The SMILES string of the molecule is O=C(COC(=O)c1cccnc1SC(F)F)Nc1ccccc1-c1ccccc1. The second kappa shape index (κ2) is 9.79. The van der Waals surface area contributed by atoms with Crippen molar-refractivity contribution >= 4 is 29.3 Å². The highest BCUT2D eigenvalue weighted by atomic mass is 32.2. The molecule has 1 amide bonds. The van der Waals surface area contributed by atoms with Gasteiger partial charge in [-0.05, 0) is 35.5 Å². The van der Waals surface area contributed by atoms with Crippen LogP contribution >= 0.6 is 11.8 Å². The Hall–Kier alpha value is -3.26. The normalized spacial score (nSPS) is 10.6. The molecule has 5 nitrogen and oxygen atoms in total. The van der Waals surface area contributed by atoms with Crippen molar-refractivity contribution in [3.05, 3.63) is 78.5 Å². The van der Waals surface area contributed by atoms with Crippen molar-refractivity contribution < 1.29 is 23.1 Å². The minimum absolute atomic E-state index is 0.115. The highest BCUT2D eigenvalue weighted by molar-refractivity contribution is 7.99. The maximum atomic E-state index is 12.6. The zero-order valence-corrected chi connectivity index (χ0v) is 15.9. The quantitative estimate of drug-likeness (QED) is 0.442. The Kier molecular flexibility index (Phi) is 6.91. The molecule has 0 radical (unpaired) electrons. The molecule has 0 fully saturated rings. The first kappa shape index (κ1) is 20.5. The first-order valence-electron chi connectivity index (χ1n) is 8.56. The Bertz CT molecular complexity index is 1000. The van der Waals surface area contributed by atoms with Crippen molar-refractivity contribution in [2.75, 3.05) is 11.9 Å². The van der Waals surface area contributed by atoms with E-state index in [1.165, 1.54) is 18.3 Å². The summed E-state index contributed by atoms with van der Waals surface area (Å²) in [4.78, 5) is 28.2. The molecule has 1 aromatic heterocycles. The molecule has 0 aliphatic heterocycles. The van der Waals surface area contributed by atoms with E-state index in [0.29, 0.717) is 5.69 Å². The van der Waals surface area contributed by atoms with E-state index < -0.39 is 24.2 Å². The third-order valence-corrected chi connectivity index (χ3v) is 4.54. The summed E-state index contributed by atoms with van der Waals surface area (Å²) < 4.78 is 30.2. The average molecular weight is 414 g/mol. The molecule has 2 aromatic carbocycles. The summed E-state index contributed by atoms with van der Waals surface area (Å²) in [6.45, 7) is -0.560. The van der Waals surface area contributed by atoms with Gasteiger partial charge in [0.25, 0.3) is 11.7 Å². The number of ether oxygens (including phenoxy) is 1. The first-order chi connectivity index (χ1) is 14.0. The summed E-state index contributed by atoms with van der Waals surface area (Å²) >= 11 is 0.144.